The molecule has 1 aromatic heterocycles. The Morgan fingerprint density at radius 2 is 2.28 bits per heavy atom. The molecule has 3 heteroatoms. The molecule has 2 rings (SSSR count). The Balaban J connectivity index is 1.71. The fourth-order valence-corrected chi connectivity index (χ4v) is 2.50. The zero-order chi connectivity index (χ0) is 12.8. The first-order valence-corrected chi connectivity index (χ1v) is 7.56. The van der Waals surface area contributed by atoms with Gasteiger partial charge in [0.1, 0.15) is 0 Å². The summed E-state index contributed by atoms with van der Waals surface area (Å²) in [5.74, 6) is 0.835. The zero-order valence-corrected chi connectivity index (χ0v) is 11.9. The van der Waals surface area contributed by atoms with Gasteiger partial charge < -0.3 is 9.88 Å². The van der Waals surface area contributed by atoms with Crippen molar-refractivity contribution >= 4 is 0 Å². The van der Waals surface area contributed by atoms with E-state index in [4.69, 9.17) is 0 Å². The minimum atomic E-state index is 0.742. The quantitative estimate of drug-likeness (QED) is 0.725. The third kappa shape index (κ3) is 3.84. The average Bonchev–Trinajstić information content (AvgIpc) is 3.13. The molecule has 3 nitrogen and oxygen atoms in total. The molecule has 1 aliphatic carbocycles. The van der Waals surface area contributed by atoms with Crippen LogP contribution in [0.15, 0.2) is 12.5 Å². The molecule has 102 valence electrons. The second-order valence-electron chi connectivity index (χ2n) is 5.57. The first-order valence-electron chi connectivity index (χ1n) is 7.56. The van der Waals surface area contributed by atoms with Crippen LogP contribution < -0.4 is 5.32 Å². The summed E-state index contributed by atoms with van der Waals surface area (Å²) in [5.41, 5.74) is 1.35. The van der Waals surface area contributed by atoms with Gasteiger partial charge in [-0.05, 0) is 31.7 Å². The molecule has 0 aromatic carbocycles. The lowest BCUT2D eigenvalue weighted by Crippen LogP contribution is -2.23. The monoisotopic (exact) mass is 249 g/mol. The molecule has 1 unspecified atom stereocenters. The molecule has 0 bridgehead atoms. The SMILES string of the molecule is CCCCC(CC)CNCc1cncn1C1CC1. The van der Waals surface area contributed by atoms with E-state index in [1.807, 2.05) is 12.5 Å². The maximum atomic E-state index is 4.27. The van der Waals surface area contributed by atoms with E-state index in [2.05, 4.69) is 28.7 Å². The molecular formula is C15H27N3. The van der Waals surface area contributed by atoms with Crippen molar-refractivity contribution in [2.45, 2.75) is 65.0 Å². The van der Waals surface area contributed by atoms with E-state index in [0.29, 0.717) is 0 Å². The summed E-state index contributed by atoms with van der Waals surface area (Å²) in [6.07, 6.45) is 12.0. The second kappa shape index (κ2) is 6.93. The number of hydrogen-bond acceptors (Lipinski definition) is 2. The molecule has 1 aromatic rings. The smallest absolute Gasteiger partial charge is 0.0951 e. The number of aromatic nitrogens is 2. The van der Waals surface area contributed by atoms with E-state index in [9.17, 15) is 0 Å². The molecular weight excluding hydrogens is 222 g/mol. The number of imidazole rings is 1. The summed E-state index contributed by atoms with van der Waals surface area (Å²) < 4.78 is 2.35. The molecule has 1 heterocycles. The van der Waals surface area contributed by atoms with Crippen LogP contribution in [0, 0.1) is 5.92 Å². The predicted molar refractivity (Wildman–Crippen MR) is 75.5 cm³/mol. The molecule has 0 spiro atoms. The van der Waals surface area contributed by atoms with Gasteiger partial charge in [-0.2, -0.15) is 0 Å². The number of rotatable bonds is 9. The van der Waals surface area contributed by atoms with E-state index in [0.717, 1.165) is 25.0 Å². The van der Waals surface area contributed by atoms with E-state index in [-0.39, 0.29) is 0 Å². The van der Waals surface area contributed by atoms with Gasteiger partial charge in [0.2, 0.25) is 0 Å². The molecule has 18 heavy (non-hydrogen) atoms. The molecule has 1 N–H and O–H groups in total. The Morgan fingerprint density at radius 1 is 1.44 bits per heavy atom. The molecule has 0 saturated heterocycles. The molecule has 1 fully saturated rings. The van der Waals surface area contributed by atoms with Crippen molar-refractivity contribution in [1.82, 2.24) is 14.9 Å². The first kappa shape index (κ1) is 13.6. The average molecular weight is 249 g/mol. The highest BCUT2D eigenvalue weighted by molar-refractivity contribution is 5.03. The van der Waals surface area contributed by atoms with Gasteiger partial charge in [0.15, 0.2) is 0 Å². The highest BCUT2D eigenvalue weighted by atomic mass is 15.1. The zero-order valence-electron chi connectivity index (χ0n) is 11.9. The standard InChI is InChI=1S/C15H27N3/c1-3-5-6-13(4-2)9-16-10-15-11-17-12-18(15)14-7-8-14/h11-14,16H,3-10H2,1-2H3. The second-order valence-corrected chi connectivity index (χ2v) is 5.57. The van der Waals surface area contributed by atoms with Gasteiger partial charge in [-0.1, -0.05) is 33.1 Å². The van der Waals surface area contributed by atoms with Crippen LogP contribution in [0.5, 0.6) is 0 Å². The largest absolute Gasteiger partial charge is 0.330 e. The van der Waals surface area contributed by atoms with Crippen LogP contribution in [0.4, 0.5) is 0 Å². The number of hydrogen-bond donors (Lipinski definition) is 1. The number of nitrogens with zero attached hydrogens (tertiary/aromatic N) is 2. The maximum Gasteiger partial charge on any atom is 0.0951 e. The van der Waals surface area contributed by atoms with E-state index in [1.165, 1.54) is 44.2 Å². The van der Waals surface area contributed by atoms with Gasteiger partial charge in [0.05, 0.1) is 12.0 Å². The van der Waals surface area contributed by atoms with Crippen LogP contribution in [0.3, 0.4) is 0 Å². The Kier molecular flexibility index (Phi) is 5.24. The van der Waals surface area contributed by atoms with Gasteiger partial charge in [0, 0.05) is 18.8 Å². The minimum Gasteiger partial charge on any atom is -0.330 e. The third-order valence-corrected chi connectivity index (χ3v) is 3.97. The molecule has 0 amide bonds. The summed E-state index contributed by atoms with van der Waals surface area (Å²) >= 11 is 0. The lowest BCUT2D eigenvalue weighted by molar-refractivity contribution is 0.416. The van der Waals surface area contributed by atoms with Crippen LogP contribution in [-0.4, -0.2) is 16.1 Å². The van der Waals surface area contributed by atoms with Crippen molar-refractivity contribution in [3.63, 3.8) is 0 Å². The summed E-state index contributed by atoms with van der Waals surface area (Å²) in [6.45, 7) is 6.69. The predicted octanol–water partition coefficient (Wildman–Crippen LogP) is 3.52. The molecule has 1 saturated carbocycles. The van der Waals surface area contributed by atoms with Gasteiger partial charge in [0.25, 0.3) is 0 Å². The highest BCUT2D eigenvalue weighted by Crippen LogP contribution is 2.35. The van der Waals surface area contributed by atoms with Crippen LogP contribution >= 0.6 is 0 Å². The van der Waals surface area contributed by atoms with Crippen LogP contribution in [0.1, 0.15) is 64.1 Å². The van der Waals surface area contributed by atoms with Gasteiger partial charge in [-0.3, -0.25) is 0 Å². The van der Waals surface area contributed by atoms with Crippen molar-refractivity contribution in [2.75, 3.05) is 6.54 Å². The fraction of sp³-hybridized carbons (Fsp3) is 0.800. The summed E-state index contributed by atoms with van der Waals surface area (Å²) in [4.78, 5) is 4.27. The fourth-order valence-electron chi connectivity index (χ4n) is 2.50. The highest BCUT2D eigenvalue weighted by Gasteiger charge is 2.24. The Morgan fingerprint density at radius 3 is 2.94 bits per heavy atom. The third-order valence-electron chi connectivity index (χ3n) is 3.97. The molecule has 0 radical (unpaired) electrons. The minimum absolute atomic E-state index is 0.742. The molecule has 1 atom stereocenters. The van der Waals surface area contributed by atoms with Gasteiger partial charge in [-0.25, -0.2) is 4.98 Å². The van der Waals surface area contributed by atoms with Crippen molar-refractivity contribution in [1.29, 1.82) is 0 Å². The first-order chi connectivity index (χ1) is 8.85. The van der Waals surface area contributed by atoms with Gasteiger partial charge >= 0.3 is 0 Å². The lowest BCUT2D eigenvalue weighted by Gasteiger charge is -2.15. The summed E-state index contributed by atoms with van der Waals surface area (Å²) in [7, 11) is 0. The Labute approximate surface area is 111 Å². The summed E-state index contributed by atoms with van der Waals surface area (Å²) in [5, 5.41) is 3.61. The normalized spacial score (nSPS) is 17.0. The van der Waals surface area contributed by atoms with Crippen LogP contribution in [-0.2, 0) is 6.54 Å². The summed E-state index contributed by atoms with van der Waals surface area (Å²) in [6, 6.07) is 0.742. The number of nitrogens with one attached hydrogen (secondary N) is 1. The molecule has 1 aliphatic rings. The van der Waals surface area contributed by atoms with Crippen LogP contribution in [0.25, 0.3) is 0 Å². The topological polar surface area (TPSA) is 29.9 Å². The maximum absolute atomic E-state index is 4.27. The van der Waals surface area contributed by atoms with Gasteiger partial charge in [-0.15, -0.1) is 0 Å². The van der Waals surface area contributed by atoms with Crippen molar-refractivity contribution in [3.8, 4) is 0 Å². The Bertz CT molecular complexity index is 341. The van der Waals surface area contributed by atoms with E-state index >= 15 is 0 Å². The molecule has 0 aliphatic heterocycles. The Hall–Kier alpha value is -0.830. The lowest BCUT2D eigenvalue weighted by atomic mass is 9.99. The van der Waals surface area contributed by atoms with Crippen molar-refractivity contribution in [3.05, 3.63) is 18.2 Å². The van der Waals surface area contributed by atoms with E-state index in [1.54, 1.807) is 0 Å². The van der Waals surface area contributed by atoms with E-state index < -0.39 is 0 Å². The van der Waals surface area contributed by atoms with Crippen molar-refractivity contribution in [2.24, 2.45) is 5.92 Å². The van der Waals surface area contributed by atoms with Crippen LogP contribution in [0.2, 0.25) is 0 Å². The van der Waals surface area contributed by atoms with Crippen molar-refractivity contribution < 1.29 is 0 Å². The number of unbranched alkanes of at least 4 members (excludes halogenated alkanes) is 1.